The number of carbonyl (C=O) groups excluding carboxylic acids is 1. The largest absolute Gasteiger partial charge is 0.456 e. The summed E-state index contributed by atoms with van der Waals surface area (Å²) in [4.78, 5) is 12.6. The van der Waals surface area contributed by atoms with Crippen molar-refractivity contribution in [1.29, 1.82) is 0 Å². The molecule has 2 aromatic carbocycles. The highest BCUT2D eigenvalue weighted by Gasteiger charge is 2.34. The van der Waals surface area contributed by atoms with Crippen molar-refractivity contribution in [2.75, 3.05) is 6.54 Å². The van der Waals surface area contributed by atoms with E-state index in [9.17, 15) is 4.79 Å². The molecule has 150 valence electrons. The molecule has 4 heteroatoms. The van der Waals surface area contributed by atoms with Crippen LogP contribution in [0.4, 0.5) is 0 Å². The van der Waals surface area contributed by atoms with Gasteiger partial charge in [0.15, 0.2) is 0 Å². The number of benzene rings is 2. The second-order valence-corrected chi connectivity index (χ2v) is 8.94. The summed E-state index contributed by atoms with van der Waals surface area (Å²) >= 11 is 0. The SMILES string of the molecule is CC(C)CNC(=O)c1ccc2c(c1)Oc1ccccc1C2=C1CC2CCC(C1)N2. The quantitative estimate of drug-likeness (QED) is 0.671. The van der Waals surface area contributed by atoms with Gasteiger partial charge >= 0.3 is 0 Å². The van der Waals surface area contributed by atoms with Crippen molar-refractivity contribution >= 4 is 11.5 Å². The van der Waals surface area contributed by atoms with E-state index in [1.165, 1.54) is 29.6 Å². The number of carbonyl (C=O) groups is 1. The maximum atomic E-state index is 12.6. The molecule has 2 atom stereocenters. The molecule has 2 fully saturated rings. The zero-order chi connectivity index (χ0) is 20.0. The third-order valence-electron chi connectivity index (χ3n) is 6.23. The van der Waals surface area contributed by atoms with Gasteiger partial charge in [0.25, 0.3) is 5.91 Å². The molecule has 2 aromatic rings. The van der Waals surface area contributed by atoms with Crippen LogP contribution in [0, 0.1) is 5.92 Å². The van der Waals surface area contributed by atoms with E-state index in [-0.39, 0.29) is 5.91 Å². The van der Waals surface area contributed by atoms with E-state index in [1.54, 1.807) is 0 Å². The topological polar surface area (TPSA) is 50.4 Å². The Morgan fingerprint density at radius 3 is 2.55 bits per heavy atom. The molecule has 2 N–H and O–H groups in total. The lowest BCUT2D eigenvalue weighted by molar-refractivity contribution is 0.0948. The first-order valence-corrected chi connectivity index (χ1v) is 10.8. The van der Waals surface area contributed by atoms with Gasteiger partial charge < -0.3 is 15.4 Å². The predicted molar refractivity (Wildman–Crippen MR) is 115 cm³/mol. The van der Waals surface area contributed by atoms with Crippen LogP contribution in [0.3, 0.4) is 0 Å². The third kappa shape index (κ3) is 3.46. The molecule has 3 heterocycles. The van der Waals surface area contributed by atoms with Crippen LogP contribution in [0.25, 0.3) is 5.57 Å². The minimum Gasteiger partial charge on any atom is -0.456 e. The summed E-state index contributed by atoms with van der Waals surface area (Å²) in [7, 11) is 0. The van der Waals surface area contributed by atoms with E-state index in [1.807, 2.05) is 24.3 Å². The normalized spacial score (nSPS) is 22.2. The van der Waals surface area contributed by atoms with Crippen molar-refractivity contribution in [3.8, 4) is 11.5 Å². The number of fused-ring (bicyclic) bond motifs is 4. The number of hydrogen-bond donors (Lipinski definition) is 2. The lowest BCUT2D eigenvalue weighted by Crippen LogP contribution is -2.35. The standard InChI is InChI=1S/C25H28N2O2/c1-15(2)14-26-25(28)16-7-10-21-23(13-16)29-22-6-4-3-5-20(22)24(21)17-11-18-8-9-19(12-17)27-18/h3-7,10,13,15,18-19,27H,8-9,11-12,14H2,1-2H3,(H,26,28). The highest BCUT2D eigenvalue weighted by Crippen LogP contribution is 2.48. The highest BCUT2D eigenvalue weighted by molar-refractivity contribution is 5.97. The van der Waals surface area contributed by atoms with Gasteiger partial charge in [-0.3, -0.25) is 4.79 Å². The van der Waals surface area contributed by atoms with Crippen LogP contribution in [0.1, 0.15) is 61.0 Å². The number of piperidine rings is 1. The minimum absolute atomic E-state index is 0.0435. The van der Waals surface area contributed by atoms with Crippen LogP contribution in [0.5, 0.6) is 11.5 Å². The maximum absolute atomic E-state index is 12.6. The maximum Gasteiger partial charge on any atom is 0.251 e. The molecule has 1 amide bonds. The lowest BCUT2D eigenvalue weighted by atomic mass is 9.84. The van der Waals surface area contributed by atoms with Crippen molar-refractivity contribution in [2.24, 2.45) is 5.92 Å². The Balaban J connectivity index is 1.56. The molecule has 3 aliphatic rings. The Hall–Kier alpha value is -2.59. The second kappa shape index (κ2) is 7.34. The first-order valence-electron chi connectivity index (χ1n) is 10.8. The molecular formula is C25H28N2O2. The molecule has 0 radical (unpaired) electrons. The van der Waals surface area contributed by atoms with Crippen LogP contribution >= 0.6 is 0 Å². The second-order valence-electron chi connectivity index (χ2n) is 8.94. The summed E-state index contributed by atoms with van der Waals surface area (Å²) in [5.41, 5.74) is 5.77. The zero-order valence-electron chi connectivity index (χ0n) is 17.1. The fourth-order valence-corrected chi connectivity index (χ4v) is 4.87. The van der Waals surface area contributed by atoms with Crippen LogP contribution in [-0.2, 0) is 0 Å². The molecule has 4 nitrogen and oxygen atoms in total. The summed E-state index contributed by atoms with van der Waals surface area (Å²) < 4.78 is 6.25. The molecule has 0 spiro atoms. The van der Waals surface area contributed by atoms with E-state index >= 15 is 0 Å². The van der Waals surface area contributed by atoms with E-state index in [2.05, 4.69) is 42.7 Å². The fourth-order valence-electron chi connectivity index (χ4n) is 4.87. The Morgan fingerprint density at radius 1 is 1.07 bits per heavy atom. The molecule has 2 bridgehead atoms. The summed E-state index contributed by atoms with van der Waals surface area (Å²) in [6.07, 6.45) is 4.72. The third-order valence-corrected chi connectivity index (χ3v) is 6.23. The van der Waals surface area contributed by atoms with Crippen molar-refractivity contribution in [3.05, 3.63) is 64.7 Å². The first-order chi connectivity index (χ1) is 14.1. The first kappa shape index (κ1) is 18.4. The molecule has 0 aliphatic carbocycles. The Morgan fingerprint density at radius 2 is 1.79 bits per heavy atom. The van der Waals surface area contributed by atoms with Gasteiger partial charge in [0.05, 0.1) is 0 Å². The average molecular weight is 389 g/mol. The van der Waals surface area contributed by atoms with Gasteiger partial charge in [0, 0.05) is 35.3 Å². The van der Waals surface area contributed by atoms with E-state index in [0.717, 1.165) is 29.9 Å². The van der Waals surface area contributed by atoms with E-state index < -0.39 is 0 Å². The average Bonchev–Trinajstić information content (AvgIpc) is 3.07. The number of para-hydroxylation sites is 1. The number of hydrogen-bond acceptors (Lipinski definition) is 3. The van der Waals surface area contributed by atoms with Gasteiger partial charge in [-0.25, -0.2) is 0 Å². The number of amides is 1. The van der Waals surface area contributed by atoms with Crippen LogP contribution < -0.4 is 15.4 Å². The Kier molecular flexibility index (Phi) is 4.67. The summed E-state index contributed by atoms with van der Waals surface area (Å²) in [5, 5.41) is 6.74. The van der Waals surface area contributed by atoms with Crippen LogP contribution in [-0.4, -0.2) is 24.5 Å². The summed E-state index contributed by atoms with van der Waals surface area (Å²) in [5.74, 6) is 2.05. The molecular weight excluding hydrogens is 360 g/mol. The van der Waals surface area contributed by atoms with Crippen LogP contribution in [0.2, 0.25) is 0 Å². The van der Waals surface area contributed by atoms with Gasteiger partial charge in [-0.2, -0.15) is 0 Å². The van der Waals surface area contributed by atoms with Crippen molar-refractivity contribution in [2.45, 2.75) is 51.6 Å². The Labute approximate surface area is 172 Å². The zero-order valence-corrected chi connectivity index (χ0v) is 17.1. The lowest BCUT2D eigenvalue weighted by Gasteiger charge is -2.30. The van der Waals surface area contributed by atoms with Crippen molar-refractivity contribution in [1.82, 2.24) is 10.6 Å². The van der Waals surface area contributed by atoms with Crippen LogP contribution in [0.15, 0.2) is 48.0 Å². The van der Waals surface area contributed by atoms with Crippen molar-refractivity contribution < 1.29 is 9.53 Å². The number of nitrogens with one attached hydrogen (secondary N) is 2. The molecule has 3 aliphatic heterocycles. The molecule has 5 rings (SSSR count). The minimum atomic E-state index is -0.0435. The van der Waals surface area contributed by atoms with Gasteiger partial charge in [-0.15, -0.1) is 0 Å². The smallest absolute Gasteiger partial charge is 0.251 e. The molecule has 2 saturated heterocycles. The molecule has 0 saturated carbocycles. The van der Waals surface area contributed by atoms with Gasteiger partial charge in [-0.05, 0) is 61.4 Å². The van der Waals surface area contributed by atoms with Gasteiger partial charge in [-0.1, -0.05) is 37.6 Å². The summed E-state index contributed by atoms with van der Waals surface area (Å²) in [6.45, 7) is 4.86. The van der Waals surface area contributed by atoms with Gasteiger partial charge in [0.2, 0.25) is 0 Å². The fraction of sp³-hybridized carbons (Fsp3) is 0.400. The highest BCUT2D eigenvalue weighted by atomic mass is 16.5. The number of ether oxygens (including phenoxy) is 1. The van der Waals surface area contributed by atoms with Crippen molar-refractivity contribution in [3.63, 3.8) is 0 Å². The monoisotopic (exact) mass is 388 g/mol. The Bertz CT molecular complexity index is 978. The predicted octanol–water partition coefficient (Wildman–Crippen LogP) is 4.89. The molecule has 0 aromatic heterocycles. The number of rotatable bonds is 3. The van der Waals surface area contributed by atoms with Gasteiger partial charge in [0.1, 0.15) is 11.5 Å². The van der Waals surface area contributed by atoms with E-state index in [0.29, 0.717) is 30.1 Å². The van der Waals surface area contributed by atoms with E-state index in [4.69, 9.17) is 4.74 Å². The molecule has 2 unspecified atom stereocenters. The summed E-state index contributed by atoms with van der Waals surface area (Å²) in [6, 6.07) is 15.4. The molecule has 29 heavy (non-hydrogen) atoms.